The van der Waals surface area contributed by atoms with Crippen LogP contribution >= 0.6 is 0 Å². The molecule has 1 atom stereocenters. The zero-order chi connectivity index (χ0) is 28.4. The molecule has 9 heteroatoms. The zero-order valence-electron chi connectivity index (χ0n) is 23.9. The minimum absolute atomic E-state index is 0.0539. The number of ether oxygens (including phenoxy) is 2. The highest BCUT2D eigenvalue weighted by Gasteiger charge is 2.36. The third kappa shape index (κ3) is 5.98. The van der Waals surface area contributed by atoms with Gasteiger partial charge in [-0.05, 0) is 60.9 Å². The van der Waals surface area contributed by atoms with Crippen LogP contribution in [0.4, 0.5) is 0 Å². The highest BCUT2D eigenvalue weighted by Crippen LogP contribution is 2.31. The van der Waals surface area contributed by atoms with E-state index in [-0.39, 0.29) is 28.8 Å². The van der Waals surface area contributed by atoms with Gasteiger partial charge in [0.05, 0.1) is 30.8 Å². The van der Waals surface area contributed by atoms with Crippen LogP contribution in [0.3, 0.4) is 0 Å². The SMILES string of the molecule is COCc1ccc(-c2cc3ccc(S(=O)(=O)NC4CCC(C(=O)N5CCOCC5C(C)C)CC4)cc3n2C)cc1. The molecule has 1 saturated carbocycles. The normalized spacial score (nSPS) is 22.2. The van der Waals surface area contributed by atoms with Crippen molar-refractivity contribution in [2.75, 3.05) is 26.9 Å². The average Bonchev–Trinajstić information content (AvgIpc) is 3.29. The number of sulfonamides is 1. The Balaban J connectivity index is 1.25. The van der Waals surface area contributed by atoms with Crippen molar-refractivity contribution >= 4 is 26.8 Å². The number of fused-ring (bicyclic) bond motifs is 1. The highest BCUT2D eigenvalue weighted by atomic mass is 32.2. The van der Waals surface area contributed by atoms with Gasteiger partial charge in [-0.3, -0.25) is 4.79 Å². The number of carbonyl (C=O) groups excluding carboxylic acids is 1. The Morgan fingerprint density at radius 2 is 1.80 bits per heavy atom. The van der Waals surface area contributed by atoms with Crippen molar-refractivity contribution < 1.29 is 22.7 Å². The Hall–Kier alpha value is -2.72. The lowest BCUT2D eigenvalue weighted by Crippen LogP contribution is -2.53. The average molecular weight is 568 g/mol. The molecular weight excluding hydrogens is 526 g/mol. The van der Waals surface area contributed by atoms with Crippen molar-refractivity contribution in [2.24, 2.45) is 18.9 Å². The molecule has 0 spiro atoms. The predicted octanol–water partition coefficient (Wildman–Crippen LogP) is 4.71. The van der Waals surface area contributed by atoms with E-state index in [2.05, 4.69) is 36.8 Å². The molecule has 1 aliphatic carbocycles. The van der Waals surface area contributed by atoms with E-state index in [0.29, 0.717) is 58.0 Å². The molecule has 8 nitrogen and oxygen atoms in total. The van der Waals surface area contributed by atoms with Gasteiger partial charge >= 0.3 is 0 Å². The fourth-order valence-electron chi connectivity index (χ4n) is 6.12. The van der Waals surface area contributed by atoms with Gasteiger partial charge in [-0.1, -0.05) is 44.2 Å². The molecule has 5 rings (SSSR count). The molecule has 40 heavy (non-hydrogen) atoms. The Morgan fingerprint density at radius 3 is 2.48 bits per heavy atom. The molecule has 1 N–H and O–H groups in total. The Kier molecular flexibility index (Phi) is 8.66. The molecular formula is C31H41N3O5S. The summed E-state index contributed by atoms with van der Waals surface area (Å²) in [5, 5.41) is 0.985. The van der Waals surface area contributed by atoms with Gasteiger partial charge in [0.1, 0.15) is 0 Å². The molecule has 1 unspecified atom stereocenters. The number of hydrogen-bond acceptors (Lipinski definition) is 5. The number of rotatable bonds is 8. The summed E-state index contributed by atoms with van der Waals surface area (Å²) in [6.07, 6.45) is 2.69. The molecule has 1 saturated heterocycles. The first-order valence-corrected chi connectivity index (χ1v) is 15.7. The molecule has 2 aromatic carbocycles. The third-order valence-corrected chi connectivity index (χ3v) is 10.0. The Labute approximate surface area is 237 Å². The molecule has 1 aromatic heterocycles. The summed E-state index contributed by atoms with van der Waals surface area (Å²) >= 11 is 0. The van der Waals surface area contributed by atoms with Gasteiger partial charge in [-0.15, -0.1) is 0 Å². The second-order valence-electron chi connectivity index (χ2n) is 11.5. The number of benzene rings is 2. The van der Waals surface area contributed by atoms with Crippen LogP contribution in [0.25, 0.3) is 22.2 Å². The Bertz CT molecular complexity index is 1440. The van der Waals surface area contributed by atoms with E-state index in [1.165, 1.54) is 0 Å². The molecule has 2 aliphatic rings. The van der Waals surface area contributed by atoms with Gasteiger partial charge in [-0.2, -0.15) is 0 Å². The van der Waals surface area contributed by atoms with Gasteiger partial charge < -0.3 is 18.9 Å². The number of aryl methyl sites for hydroxylation is 1. The second-order valence-corrected chi connectivity index (χ2v) is 13.2. The van der Waals surface area contributed by atoms with E-state index in [1.54, 1.807) is 19.2 Å². The summed E-state index contributed by atoms with van der Waals surface area (Å²) in [4.78, 5) is 15.6. The van der Waals surface area contributed by atoms with Crippen molar-refractivity contribution in [3.63, 3.8) is 0 Å². The number of nitrogens with zero attached hydrogens (tertiary/aromatic N) is 2. The number of carbonyl (C=O) groups is 1. The van der Waals surface area contributed by atoms with E-state index < -0.39 is 10.0 Å². The molecule has 2 fully saturated rings. The van der Waals surface area contributed by atoms with Crippen molar-refractivity contribution in [3.05, 3.63) is 54.1 Å². The lowest BCUT2D eigenvalue weighted by molar-refractivity contribution is -0.147. The monoisotopic (exact) mass is 567 g/mol. The number of amides is 1. The summed E-state index contributed by atoms with van der Waals surface area (Å²) in [5.74, 6) is 0.481. The van der Waals surface area contributed by atoms with E-state index in [0.717, 1.165) is 27.7 Å². The highest BCUT2D eigenvalue weighted by molar-refractivity contribution is 7.89. The standard InChI is InChI=1S/C31H41N3O5S/c1-21(2)30-20-39-16-15-34(30)31(35)24-9-12-26(13-10-24)32-40(36,37)27-14-11-25-17-28(33(3)29(25)18-27)23-7-5-22(6-8-23)19-38-4/h5-8,11,14,17-18,21,24,26,30,32H,9-10,12-13,15-16,19-20H2,1-4H3. The molecule has 1 aliphatic heterocycles. The third-order valence-electron chi connectivity index (χ3n) is 8.50. The number of hydrogen-bond donors (Lipinski definition) is 1. The largest absolute Gasteiger partial charge is 0.380 e. The summed E-state index contributed by atoms with van der Waals surface area (Å²) in [6, 6.07) is 15.5. The molecule has 0 radical (unpaired) electrons. The van der Waals surface area contributed by atoms with E-state index in [1.807, 2.05) is 34.7 Å². The lowest BCUT2D eigenvalue weighted by atomic mass is 9.85. The van der Waals surface area contributed by atoms with Crippen LogP contribution in [0.15, 0.2) is 53.4 Å². The van der Waals surface area contributed by atoms with Gasteiger partial charge in [-0.25, -0.2) is 13.1 Å². The van der Waals surface area contributed by atoms with Crippen molar-refractivity contribution in [1.29, 1.82) is 0 Å². The van der Waals surface area contributed by atoms with Crippen LogP contribution in [-0.4, -0.2) is 62.7 Å². The lowest BCUT2D eigenvalue weighted by Gasteiger charge is -2.41. The topological polar surface area (TPSA) is 89.9 Å². The summed E-state index contributed by atoms with van der Waals surface area (Å²) < 4.78 is 42.6. The molecule has 216 valence electrons. The quantitative estimate of drug-likeness (QED) is 0.426. The van der Waals surface area contributed by atoms with E-state index in [9.17, 15) is 13.2 Å². The maximum absolute atomic E-state index is 13.4. The van der Waals surface area contributed by atoms with Crippen LogP contribution in [0.1, 0.15) is 45.1 Å². The van der Waals surface area contributed by atoms with Crippen LogP contribution in [0.5, 0.6) is 0 Å². The molecule has 2 heterocycles. The smallest absolute Gasteiger partial charge is 0.240 e. The number of nitrogens with one attached hydrogen (secondary N) is 1. The van der Waals surface area contributed by atoms with Crippen molar-refractivity contribution in [2.45, 2.75) is 63.1 Å². The fourth-order valence-corrected chi connectivity index (χ4v) is 7.45. The van der Waals surface area contributed by atoms with Gasteiger partial charge in [0.15, 0.2) is 0 Å². The van der Waals surface area contributed by atoms with Crippen LogP contribution in [0, 0.1) is 11.8 Å². The molecule has 1 amide bonds. The Morgan fingerprint density at radius 1 is 1.07 bits per heavy atom. The fraction of sp³-hybridized carbons (Fsp3) is 0.516. The summed E-state index contributed by atoms with van der Waals surface area (Å²) in [7, 11) is -0.0640. The van der Waals surface area contributed by atoms with Crippen molar-refractivity contribution in [1.82, 2.24) is 14.2 Å². The molecule has 0 bridgehead atoms. The van der Waals surface area contributed by atoms with E-state index in [4.69, 9.17) is 9.47 Å². The minimum Gasteiger partial charge on any atom is -0.380 e. The number of aromatic nitrogens is 1. The van der Waals surface area contributed by atoms with Gasteiger partial charge in [0, 0.05) is 49.3 Å². The second kappa shape index (κ2) is 12.0. The number of methoxy groups -OCH3 is 1. The zero-order valence-corrected chi connectivity index (χ0v) is 24.7. The minimum atomic E-state index is -3.70. The van der Waals surface area contributed by atoms with Crippen molar-refractivity contribution in [3.8, 4) is 11.3 Å². The first kappa shape index (κ1) is 28.8. The summed E-state index contributed by atoms with van der Waals surface area (Å²) in [6.45, 7) is 6.62. The first-order chi connectivity index (χ1) is 19.2. The van der Waals surface area contributed by atoms with Gasteiger partial charge in [0.25, 0.3) is 0 Å². The van der Waals surface area contributed by atoms with Crippen LogP contribution < -0.4 is 4.72 Å². The molecule has 3 aromatic rings. The predicted molar refractivity (Wildman–Crippen MR) is 156 cm³/mol. The van der Waals surface area contributed by atoms with E-state index >= 15 is 0 Å². The summed E-state index contributed by atoms with van der Waals surface area (Å²) in [5.41, 5.74) is 4.04. The van der Waals surface area contributed by atoms with Crippen LogP contribution in [0.2, 0.25) is 0 Å². The maximum atomic E-state index is 13.4. The van der Waals surface area contributed by atoms with Crippen LogP contribution in [-0.2, 0) is 37.9 Å². The first-order valence-electron chi connectivity index (χ1n) is 14.3. The number of morpholine rings is 1. The van der Waals surface area contributed by atoms with Gasteiger partial charge in [0.2, 0.25) is 15.9 Å². The maximum Gasteiger partial charge on any atom is 0.240 e.